The molecule has 0 saturated heterocycles. The lowest BCUT2D eigenvalue weighted by atomic mass is 9.86. The molecule has 3 N–H and O–H groups in total. The number of fused-ring (bicyclic) bond motifs is 2. The van der Waals surface area contributed by atoms with Crippen molar-refractivity contribution in [3.05, 3.63) is 0 Å². The molecule has 0 aliphatic heterocycles. The average molecular weight is 210 g/mol. The van der Waals surface area contributed by atoms with Crippen molar-refractivity contribution in [2.75, 3.05) is 13.1 Å². The lowest BCUT2D eigenvalue weighted by Crippen LogP contribution is -2.29. The fourth-order valence-corrected chi connectivity index (χ4v) is 3.27. The van der Waals surface area contributed by atoms with Crippen molar-refractivity contribution in [3.63, 3.8) is 0 Å². The standard InChI is InChI=1S/C12H22N2O/c13-4-1-5-14-12(15)8-11-7-9-2-3-10(11)6-9/h9-11H,1-8,13H2,(H,14,15). The van der Waals surface area contributed by atoms with E-state index in [-0.39, 0.29) is 5.91 Å². The van der Waals surface area contributed by atoms with Gasteiger partial charge in [-0.25, -0.2) is 0 Å². The summed E-state index contributed by atoms with van der Waals surface area (Å²) >= 11 is 0. The van der Waals surface area contributed by atoms with Crippen LogP contribution in [0.15, 0.2) is 0 Å². The number of hydrogen-bond acceptors (Lipinski definition) is 2. The molecule has 2 bridgehead atoms. The molecule has 2 aliphatic rings. The first-order valence-corrected chi connectivity index (χ1v) is 6.26. The zero-order chi connectivity index (χ0) is 10.7. The van der Waals surface area contributed by atoms with Gasteiger partial charge in [-0.3, -0.25) is 4.79 Å². The van der Waals surface area contributed by atoms with E-state index >= 15 is 0 Å². The largest absolute Gasteiger partial charge is 0.356 e. The maximum Gasteiger partial charge on any atom is 0.220 e. The van der Waals surface area contributed by atoms with Crippen LogP contribution in [0, 0.1) is 17.8 Å². The Kier molecular flexibility index (Phi) is 3.62. The average Bonchev–Trinajstić information content (AvgIpc) is 2.79. The van der Waals surface area contributed by atoms with Crippen molar-refractivity contribution in [3.8, 4) is 0 Å². The number of nitrogens with two attached hydrogens (primary N) is 1. The fourth-order valence-electron chi connectivity index (χ4n) is 3.27. The Labute approximate surface area is 91.8 Å². The second-order valence-electron chi connectivity index (χ2n) is 5.13. The molecular formula is C12H22N2O. The summed E-state index contributed by atoms with van der Waals surface area (Å²) in [5, 5.41) is 2.95. The molecule has 0 aromatic carbocycles. The van der Waals surface area contributed by atoms with Gasteiger partial charge in [-0.1, -0.05) is 6.42 Å². The van der Waals surface area contributed by atoms with E-state index in [0.29, 0.717) is 12.5 Å². The van der Waals surface area contributed by atoms with Gasteiger partial charge in [0.25, 0.3) is 0 Å². The van der Waals surface area contributed by atoms with Crippen molar-refractivity contribution in [1.82, 2.24) is 5.32 Å². The minimum atomic E-state index is 0.237. The molecule has 3 heteroatoms. The van der Waals surface area contributed by atoms with E-state index in [1.54, 1.807) is 0 Å². The smallest absolute Gasteiger partial charge is 0.220 e. The third-order valence-corrected chi connectivity index (χ3v) is 4.04. The number of rotatable bonds is 5. The lowest BCUT2D eigenvalue weighted by molar-refractivity contribution is -0.122. The number of amides is 1. The summed E-state index contributed by atoms with van der Waals surface area (Å²) in [6.45, 7) is 1.41. The van der Waals surface area contributed by atoms with E-state index in [4.69, 9.17) is 5.73 Å². The highest BCUT2D eigenvalue weighted by molar-refractivity contribution is 5.76. The maximum absolute atomic E-state index is 11.6. The van der Waals surface area contributed by atoms with Crippen molar-refractivity contribution in [2.24, 2.45) is 23.5 Å². The molecular weight excluding hydrogens is 188 g/mol. The summed E-state index contributed by atoms with van der Waals surface area (Å²) in [5.74, 6) is 2.72. The molecule has 1 amide bonds. The molecule has 3 atom stereocenters. The zero-order valence-corrected chi connectivity index (χ0v) is 9.37. The number of carbonyl (C=O) groups excluding carboxylic acids is 1. The van der Waals surface area contributed by atoms with Crippen LogP contribution in [-0.2, 0) is 4.79 Å². The molecule has 0 aromatic rings. The van der Waals surface area contributed by atoms with E-state index in [1.165, 1.54) is 25.7 Å². The highest BCUT2D eigenvalue weighted by Crippen LogP contribution is 2.49. The Morgan fingerprint density at radius 3 is 2.80 bits per heavy atom. The third-order valence-electron chi connectivity index (χ3n) is 4.04. The van der Waals surface area contributed by atoms with Crippen LogP contribution < -0.4 is 11.1 Å². The Morgan fingerprint density at radius 1 is 1.33 bits per heavy atom. The highest BCUT2D eigenvalue weighted by Gasteiger charge is 2.39. The first kappa shape index (κ1) is 10.9. The number of carbonyl (C=O) groups is 1. The normalized spacial score (nSPS) is 33.3. The Morgan fingerprint density at radius 2 is 2.20 bits per heavy atom. The fraction of sp³-hybridized carbons (Fsp3) is 0.917. The van der Waals surface area contributed by atoms with Crippen molar-refractivity contribution >= 4 is 5.91 Å². The Bertz CT molecular complexity index is 230. The zero-order valence-electron chi connectivity index (χ0n) is 9.37. The molecule has 86 valence electrons. The topological polar surface area (TPSA) is 55.1 Å². The molecule has 15 heavy (non-hydrogen) atoms. The van der Waals surface area contributed by atoms with E-state index in [9.17, 15) is 4.79 Å². The van der Waals surface area contributed by atoms with Crippen molar-refractivity contribution < 1.29 is 4.79 Å². The summed E-state index contributed by atoms with van der Waals surface area (Å²) in [6.07, 6.45) is 7.12. The van der Waals surface area contributed by atoms with Crippen molar-refractivity contribution in [2.45, 2.75) is 38.5 Å². The summed E-state index contributed by atoms with van der Waals surface area (Å²) < 4.78 is 0. The SMILES string of the molecule is NCCCNC(=O)CC1CC2CCC1C2. The van der Waals surface area contributed by atoms with Gasteiger partial charge in [0.2, 0.25) is 5.91 Å². The van der Waals surface area contributed by atoms with Crippen LogP contribution in [0.5, 0.6) is 0 Å². The first-order valence-electron chi connectivity index (χ1n) is 6.26. The van der Waals surface area contributed by atoms with Gasteiger partial charge in [-0.2, -0.15) is 0 Å². The molecule has 0 aromatic heterocycles. The van der Waals surface area contributed by atoms with Crippen LogP contribution in [-0.4, -0.2) is 19.0 Å². The Balaban J connectivity index is 1.66. The summed E-state index contributed by atoms with van der Waals surface area (Å²) in [7, 11) is 0. The molecule has 0 radical (unpaired) electrons. The Hall–Kier alpha value is -0.570. The monoisotopic (exact) mass is 210 g/mol. The molecule has 2 rings (SSSR count). The molecule has 3 unspecified atom stereocenters. The molecule has 3 nitrogen and oxygen atoms in total. The molecule has 2 fully saturated rings. The van der Waals surface area contributed by atoms with Gasteiger partial charge >= 0.3 is 0 Å². The van der Waals surface area contributed by atoms with Crippen LogP contribution in [0.2, 0.25) is 0 Å². The van der Waals surface area contributed by atoms with Crippen LogP contribution in [0.4, 0.5) is 0 Å². The second kappa shape index (κ2) is 4.97. The predicted octanol–water partition coefficient (Wildman–Crippen LogP) is 1.28. The second-order valence-corrected chi connectivity index (χ2v) is 5.13. The highest BCUT2D eigenvalue weighted by atomic mass is 16.1. The van der Waals surface area contributed by atoms with E-state index < -0.39 is 0 Å². The molecule has 2 saturated carbocycles. The first-order chi connectivity index (χ1) is 7.29. The molecule has 2 aliphatic carbocycles. The van der Waals surface area contributed by atoms with Gasteiger partial charge in [0.15, 0.2) is 0 Å². The van der Waals surface area contributed by atoms with Crippen LogP contribution in [0.25, 0.3) is 0 Å². The van der Waals surface area contributed by atoms with Gasteiger partial charge in [0, 0.05) is 13.0 Å². The van der Waals surface area contributed by atoms with Gasteiger partial charge < -0.3 is 11.1 Å². The van der Waals surface area contributed by atoms with E-state index in [1.807, 2.05) is 0 Å². The van der Waals surface area contributed by atoms with Gasteiger partial charge in [0.1, 0.15) is 0 Å². The third kappa shape index (κ3) is 2.71. The van der Waals surface area contributed by atoms with Crippen LogP contribution >= 0.6 is 0 Å². The van der Waals surface area contributed by atoms with Crippen molar-refractivity contribution in [1.29, 1.82) is 0 Å². The molecule has 0 spiro atoms. The van der Waals surface area contributed by atoms with Crippen LogP contribution in [0.1, 0.15) is 38.5 Å². The van der Waals surface area contributed by atoms with Gasteiger partial charge in [-0.15, -0.1) is 0 Å². The number of nitrogens with one attached hydrogen (secondary N) is 1. The summed E-state index contributed by atoms with van der Waals surface area (Å²) in [4.78, 5) is 11.6. The quantitative estimate of drug-likeness (QED) is 0.672. The van der Waals surface area contributed by atoms with Gasteiger partial charge in [0.05, 0.1) is 0 Å². The minimum Gasteiger partial charge on any atom is -0.356 e. The summed E-state index contributed by atoms with van der Waals surface area (Å²) in [6, 6.07) is 0. The van der Waals surface area contributed by atoms with E-state index in [2.05, 4.69) is 5.32 Å². The summed E-state index contributed by atoms with van der Waals surface area (Å²) in [5.41, 5.74) is 5.38. The maximum atomic E-state index is 11.6. The lowest BCUT2D eigenvalue weighted by Gasteiger charge is -2.20. The van der Waals surface area contributed by atoms with Crippen LogP contribution in [0.3, 0.4) is 0 Å². The molecule has 0 heterocycles. The predicted molar refractivity (Wildman–Crippen MR) is 60.2 cm³/mol. The minimum absolute atomic E-state index is 0.237. The number of hydrogen-bond donors (Lipinski definition) is 2. The van der Waals surface area contributed by atoms with E-state index in [0.717, 1.165) is 31.2 Å². The van der Waals surface area contributed by atoms with Gasteiger partial charge in [-0.05, 0) is 50.0 Å².